The Bertz CT molecular complexity index is 964. The Balaban J connectivity index is 1.47. The van der Waals surface area contributed by atoms with Crippen molar-refractivity contribution in [1.29, 1.82) is 0 Å². The van der Waals surface area contributed by atoms with Crippen molar-refractivity contribution in [2.75, 3.05) is 5.43 Å². The van der Waals surface area contributed by atoms with Crippen LogP contribution in [0.2, 0.25) is 0 Å². The quantitative estimate of drug-likeness (QED) is 0.374. The second-order valence-corrected chi connectivity index (χ2v) is 7.43. The molecule has 0 saturated carbocycles. The van der Waals surface area contributed by atoms with Gasteiger partial charge < -0.3 is 0 Å². The van der Waals surface area contributed by atoms with Crippen LogP contribution in [0.4, 0.5) is 5.13 Å². The van der Waals surface area contributed by atoms with E-state index in [0.29, 0.717) is 0 Å². The molecule has 4 aromatic rings. The van der Waals surface area contributed by atoms with E-state index in [1.807, 2.05) is 11.6 Å². The Morgan fingerprint density at radius 3 is 2.75 bits per heavy atom. The summed E-state index contributed by atoms with van der Waals surface area (Å²) in [5, 5.41) is 8.40. The van der Waals surface area contributed by atoms with Crippen molar-refractivity contribution in [2.45, 2.75) is 6.92 Å². The van der Waals surface area contributed by atoms with Gasteiger partial charge in [0.25, 0.3) is 0 Å². The first-order valence-corrected chi connectivity index (χ1v) is 9.28. The summed E-state index contributed by atoms with van der Waals surface area (Å²) in [5.41, 5.74) is 6.37. The maximum Gasteiger partial charge on any atom is 0.203 e. The van der Waals surface area contributed by atoms with Crippen molar-refractivity contribution < 1.29 is 0 Å². The number of hydrogen-bond donors (Lipinski definition) is 1. The zero-order chi connectivity index (χ0) is 16.4. The van der Waals surface area contributed by atoms with E-state index in [4.69, 9.17) is 0 Å². The van der Waals surface area contributed by atoms with Crippen molar-refractivity contribution in [3.63, 3.8) is 0 Å². The normalized spacial score (nSPS) is 11.4. The molecule has 2 heterocycles. The molecule has 24 heavy (non-hydrogen) atoms. The van der Waals surface area contributed by atoms with Gasteiger partial charge in [-0.25, -0.2) is 4.98 Å². The van der Waals surface area contributed by atoms with Crippen molar-refractivity contribution in [1.82, 2.24) is 4.98 Å². The van der Waals surface area contributed by atoms with Crippen LogP contribution in [0.5, 0.6) is 0 Å². The third-order valence-corrected chi connectivity index (χ3v) is 5.45. The van der Waals surface area contributed by atoms with Gasteiger partial charge in [0.05, 0.1) is 11.9 Å². The van der Waals surface area contributed by atoms with E-state index in [0.717, 1.165) is 21.3 Å². The number of aryl methyl sites for hydroxylation is 1. The van der Waals surface area contributed by atoms with Gasteiger partial charge in [-0.3, -0.25) is 5.43 Å². The van der Waals surface area contributed by atoms with Crippen LogP contribution in [0.3, 0.4) is 0 Å². The van der Waals surface area contributed by atoms with Gasteiger partial charge in [0, 0.05) is 20.5 Å². The number of nitrogens with one attached hydrogen (secondary N) is 1. The summed E-state index contributed by atoms with van der Waals surface area (Å²) in [4.78, 5) is 5.71. The minimum atomic E-state index is 0.794. The first-order chi connectivity index (χ1) is 11.8. The molecule has 0 spiro atoms. The molecule has 4 rings (SSSR count). The lowest BCUT2D eigenvalue weighted by Crippen LogP contribution is -1.88. The predicted molar refractivity (Wildman–Crippen MR) is 105 cm³/mol. The number of hydrazone groups is 1. The monoisotopic (exact) mass is 349 g/mol. The van der Waals surface area contributed by atoms with E-state index >= 15 is 0 Å². The average molecular weight is 349 g/mol. The topological polar surface area (TPSA) is 37.3 Å². The Morgan fingerprint density at radius 2 is 1.92 bits per heavy atom. The van der Waals surface area contributed by atoms with E-state index in [1.54, 1.807) is 22.7 Å². The number of thiophene rings is 1. The number of thiazole rings is 1. The van der Waals surface area contributed by atoms with Crippen LogP contribution < -0.4 is 5.43 Å². The molecule has 0 aliphatic rings. The molecule has 1 N–H and O–H groups in total. The largest absolute Gasteiger partial charge is 0.253 e. The summed E-state index contributed by atoms with van der Waals surface area (Å²) in [6.45, 7) is 2.08. The molecule has 0 bridgehead atoms. The third-order valence-electron chi connectivity index (χ3n) is 3.65. The molecule has 3 nitrogen and oxygen atoms in total. The number of nitrogens with zero attached hydrogens (tertiary/aromatic N) is 2. The van der Waals surface area contributed by atoms with E-state index in [1.165, 1.54) is 15.6 Å². The molecular formula is C19H15N3S2. The van der Waals surface area contributed by atoms with Gasteiger partial charge in [-0.15, -0.1) is 22.7 Å². The Kier molecular flexibility index (Phi) is 4.11. The highest BCUT2D eigenvalue weighted by Crippen LogP contribution is 2.26. The fraction of sp³-hybridized carbons (Fsp3) is 0.0526. The van der Waals surface area contributed by atoms with Gasteiger partial charge in [-0.1, -0.05) is 48.0 Å². The molecule has 2 aromatic carbocycles. The third kappa shape index (κ3) is 3.22. The van der Waals surface area contributed by atoms with Gasteiger partial charge in [0.2, 0.25) is 5.13 Å². The summed E-state index contributed by atoms with van der Waals surface area (Å²) in [7, 11) is 0. The number of rotatable bonds is 4. The van der Waals surface area contributed by atoms with Gasteiger partial charge in [0.15, 0.2) is 0 Å². The molecule has 5 heteroatoms. The highest BCUT2D eigenvalue weighted by atomic mass is 32.1. The smallest absolute Gasteiger partial charge is 0.203 e. The van der Waals surface area contributed by atoms with Crippen LogP contribution in [0.1, 0.15) is 10.4 Å². The van der Waals surface area contributed by atoms with Crippen molar-refractivity contribution in [3.05, 3.63) is 70.4 Å². The molecule has 2 aromatic heterocycles. The fourth-order valence-corrected chi connectivity index (χ4v) is 4.00. The number of hydrogen-bond acceptors (Lipinski definition) is 5. The second kappa shape index (κ2) is 6.55. The summed E-state index contributed by atoms with van der Waals surface area (Å²) >= 11 is 3.29. The maximum absolute atomic E-state index is 4.58. The van der Waals surface area contributed by atoms with Gasteiger partial charge in [-0.05, 0) is 24.4 Å². The Labute approximate surface area is 148 Å². The lowest BCUT2D eigenvalue weighted by atomic mass is 10.1. The summed E-state index contributed by atoms with van der Waals surface area (Å²) in [6.07, 6.45) is 1.84. The molecule has 0 saturated heterocycles. The van der Waals surface area contributed by atoms with Crippen LogP contribution in [0, 0.1) is 6.92 Å². The minimum absolute atomic E-state index is 0.794. The highest BCUT2D eigenvalue weighted by Gasteiger charge is 2.03. The van der Waals surface area contributed by atoms with Crippen molar-refractivity contribution >= 4 is 44.1 Å². The van der Waals surface area contributed by atoms with Crippen molar-refractivity contribution in [2.24, 2.45) is 5.10 Å². The zero-order valence-corrected chi connectivity index (χ0v) is 14.7. The van der Waals surface area contributed by atoms with Crippen LogP contribution in [0.25, 0.3) is 21.3 Å². The number of aromatic nitrogens is 1. The second-order valence-electron chi connectivity index (χ2n) is 5.46. The van der Waals surface area contributed by atoms with Crippen LogP contribution in [-0.2, 0) is 0 Å². The van der Waals surface area contributed by atoms with E-state index < -0.39 is 0 Å². The Hall–Kier alpha value is -2.50. The summed E-state index contributed by atoms with van der Waals surface area (Å²) in [6, 6.07) is 18.9. The van der Waals surface area contributed by atoms with Crippen LogP contribution in [-0.4, -0.2) is 11.2 Å². The van der Waals surface area contributed by atoms with Crippen molar-refractivity contribution in [3.8, 4) is 11.3 Å². The molecule has 0 radical (unpaired) electrons. The summed E-state index contributed by atoms with van der Waals surface area (Å²) < 4.78 is 1.27. The number of benzene rings is 2. The van der Waals surface area contributed by atoms with Crippen LogP contribution >= 0.6 is 22.7 Å². The fourth-order valence-electron chi connectivity index (χ4n) is 2.40. The molecule has 0 aliphatic carbocycles. The molecule has 0 atom stereocenters. The molecule has 118 valence electrons. The molecular weight excluding hydrogens is 334 g/mol. The zero-order valence-electron chi connectivity index (χ0n) is 13.1. The van der Waals surface area contributed by atoms with Gasteiger partial charge in [-0.2, -0.15) is 5.10 Å². The molecule has 0 aliphatic heterocycles. The highest BCUT2D eigenvalue weighted by molar-refractivity contribution is 7.20. The van der Waals surface area contributed by atoms with E-state index in [2.05, 4.69) is 77.0 Å². The minimum Gasteiger partial charge on any atom is -0.253 e. The first kappa shape index (κ1) is 15.1. The Morgan fingerprint density at radius 1 is 1.08 bits per heavy atom. The lowest BCUT2D eigenvalue weighted by molar-refractivity contribution is 1.29. The molecule has 0 amide bonds. The lowest BCUT2D eigenvalue weighted by Gasteiger charge is -1.97. The standard InChI is InChI=1S/C19H15N3S2/c1-13-6-8-14(9-7-13)17-12-23-19(21-17)22-20-11-16-10-15-4-2-3-5-18(15)24-16/h2-12H,1H3,(H,21,22)/b20-11+. The van der Waals surface area contributed by atoms with Gasteiger partial charge in [0.1, 0.15) is 0 Å². The maximum atomic E-state index is 4.58. The molecule has 0 fully saturated rings. The SMILES string of the molecule is Cc1ccc(-c2csc(N/N=C/c3cc4ccccc4s3)n2)cc1. The summed E-state index contributed by atoms with van der Waals surface area (Å²) in [5.74, 6) is 0. The van der Waals surface area contributed by atoms with Gasteiger partial charge >= 0.3 is 0 Å². The first-order valence-electron chi connectivity index (χ1n) is 7.58. The molecule has 0 unspecified atom stereocenters. The van der Waals surface area contributed by atoms with E-state index in [9.17, 15) is 0 Å². The number of fused-ring (bicyclic) bond motifs is 1. The predicted octanol–water partition coefficient (Wildman–Crippen LogP) is 5.78. The average Bonchev–Trinajstić information content (AvgIpc) is 3.22. The van der Waals surface area contributed by atoms with Crippen LogP contribution in [0.15, 0.2) is 65.1 Å². The van der Waals surface area contributed by atoms with E-state index in [-0.39, 0.29) is 0 Å². The number of anilines is 1.